The molecule has 0 spiro atoms. The first-order valence-corrected chi connectivity index (χ1v) is 11.9. The summed E-state index contributed by atoms with van der Waals surface area (Å²) in [7, 11) is 1.67. The van der Waals surface area contributed by atoms with Gasteiger partial charge in [-0.25, -0.2) is 0 Å². The van der Waals surface area contributed by atoms with Gasteiger partial charge in [-0.2, -0.15) is 0 Å². The van der Waals surface area contributed by atoms with Crippen LogP contribution in [-0.4, -0.2) is 35.9 Å². The van der Waals surface area contributed by atoms with Gasteiger partial charge in [-0.05, 0) is 54.7 Å². The highest BCUT2D eigenvalue weighted by molar-refractivity contribution is 5.93. The van der Waals surface area contributed by atoms with E-state index >= 15 is 0 Å². The van der Waals surface area contributed by atoms with Crippen molar-refractivity contribution in [2.24, 2.45) is 23.5 Å². The Morgan fingerprint density at radius 1 is 1.06 bits per heavy atom. The van der Waals surface area contributed by atoms with E-state index in [1.54, 1.807) is 7.11 Å². The average molecular weight is 433 g/mol. The number of para-hydroxylation sites is 1. The van der Waals surface area contributed by atoms with E-state index in [-0.39, 0.29) is 17.7 Å². The zero-order valence-electron chi connectivity index (χ0n) is 18.8. The number of hydrogen-bond acceptors (Lipinski definition) is 3. The molecule has 1 aliphatic heterocycles. The van der Waals surface area contributed by atoms with E-state index in [9.17, 15) is 9.59 Å². The minimum absolute atomic E-state index is 0.106. The van der Waals surface area contributed by atoms with E-state index < -0.39 is 5.54 Å². The molecular formula is C27H32N2O3. The fourth-order valence-electron chi connectivity index (χ4n) is 6.34. The van der Waals surface area contributed by atoms with Crippen LogP contribution in [0.5, 0.6) is 5.75 Å². The van der Waals surface area contributed by atoms with Crippen molar-refractivity contribution in [1.29, 1.82) is 0 Å². The lowest BCUT2D eigenvalue weighted by Gasteiger charge is -2.36. The van der Waals surface area contributed by atoms with Crippen molar-refractivity contribution in [2.45, 2.75) is 50.5 Å². The number of fused-ring (bicyclic) bond motifs is 1. The second kappa shape index (κ2) is 8.27. The first-order chi connectivity index (χ1) is 15.5. The third-order valence-corrected chi connectivity index (χ3v) is 8.00. The summed E-state index contributed by atoms with van der Waals surface area (Å²) in [6, 6.07) is 16.1. The van der Waals surface area contributed by atoms with Crippen LogP contribution in [-0.2, 0) is 16.0 Å². The number of methoxy groups -OCH3 is 1. The Balaban J connectivity index is 1.43. The molecule has 5 rings (SSSR count). The van der Waals surface area contributed by atoms with Gasteiger partial charge in [0.2, 0.25) is 11.8 Å². The Labute approximate surface area is 189 Å². The van der Waals surface area contributed by atoms with Crippen molar-refractivity contribution in [2.75, 3.05) is 13.7 Å². The minimum atomic E-state index is -0.928. The van der Waals surface area contributed by atoms with Crippen molar-refractivity contribution in [1.82, 2.24) is 4.90 Å². The van der Waals surface area contributed by atoms with Crippen molar-refractivity contribution in [3.05, 3.63) is 54.1 Å². The summed E-state index contributed by atoms with van der Waals surface area (Å²) < 4.78 is 5.53. The quantitative estimate of drug-likeness (QED) is 0.744. The lowest BCUT2D eigenvalue weighted by molar-refractivity contribution is -0.145. The smallest absolute Gasteiger partial charge is 0.243 e. The van der Waals surface area contributed by atoms with Gasteiger partial charge in [0.15, 0.2) is 0 Å². The Morgan fingerprint density at radius 3 is 2.53 bits per heavy atom. The van der Waals surface area contributed by atoms with E-state index in [4.69, 9.17) is 10.5 Å². The highest BCUT2D eigenvalue weighted by Crippen LogP contribution is 2.57. The summed E-state index contributed by atoms with van der Waals surface area (Å²) in [4.78, 5) is 28.3. The molecule has 3 fully saturated rings. The normalized spacial score (nSPS) is 28.8. The largest absolute Gasteiger partial charge is 0.496 e. The molecule has 1 heterocycles. The highest BCUT2D eigenvalue weighted by atomic mass is 16.5. The lowest BCUT2D eigenvalue weighted by Crippen LogP contribution is -2.58. The molecule has 2 saturated carbocycles. The number of benzene rings is 2. The number of nitrogens with zero attached hydrogens (tertiary/aromatic N) is 1. The van der Waals surface area contributed by atoms with Gasteiger partial charge in [0.05, 0.1) is 7.11 Å². The standard InChI is InChI=1S/C27H32N2O3/c1-32-23-13-5-4-10-20(23)19-9-6-8-18(16-19)17-27(26(28)31)14-7-15-29(27)25(30)24-21-11-2-3-12-22(21)24/h4-6,8-10,13,16,21-22,24H,2-3,7,11-12,14-15,17H2,1H3,(H2,28,31). The number of likely N-dealkylation sites (tertiary alicyclic amines) is 1. The van der Waals surface area contributed by atoms with E-state index in [1.807, 2.05) is 47.4 Å². The Morgan fingerprint density at radius 2 is 1.81 bits per heavy atom. The molecule has 2 aliphatic carbocycles. The molecular weight excluding hydrogens is 400 g/mol. The molecule has 2 aromatic rings. The predicted octanol–water partition coefficient (Wildman–Crippen LogP) is 4.19. The Kier molecular flexibility index (Phi) is 5.44. The van der Waals surface area contributed by atoms with Gasteiger partial charge < -0.3 is 15.4 Å². The fraction of sp³-hybridized carbons (Fsp3) is 0.481. The number of nitrogens with two attached hydrogens (primary N) is 1. The number of ether oxygens (including phenoxy) is 1. The second-order valence-electron chi connectivity index (χ2n) is 9.70. The number of hydrogen-bond donors (Lipinski definition) is 1. The molecule has 0 radical (unpaired) electrons. The van der Waals surface area contributed by atoms with Crippen LogP contribution in [0.1, 0.15) is 44.1 Å². The number of carbonyl (C=O) groups excluding carboxylic acids is 2. The molecule has 1 saturated heterocycles. The van der Waals surface area contributed by atoms with Crippen LogP contribution in [0.2, 0.25) is 0 Å². The Hall–Kier alpha value is -2.82. The van der Waals surface area contributed by atoms with E-state index in [2.05, 4.69) is 6.07 Å². The molecule has 2 amide bonds. The monoisotopic (exact) mass is 432 g/mol. The van der Waals surface area contributed by atoms with Gasteiger partial charge in [-0.3, -0.25) is 9.59 Å². The van der Waals surface area contributed by atoms with Crippen LogP contribution >= 0.6 is 0 Å². The van der Waals surface area contributed by atoms with Crippen LogP contribution in [0.25, 0.3) is 11.1 Å². The summed E-state index contributed by atoms with van der Waals surface area (Å²) in [5, 5.41) is 0. The predicted molar refractivity (Wildman–Crippen MR) is 124 cm³/mol. The molecule has 5 heteroatoms. The fourth-order valence-corrected chi connectivity index (χ4v) is 6.34. The molecule has 0 aromatic heterocycles. The van der Waals surface area contributed by atoms with Gasteiger partial charge in [0.25, 0.3) is 0 Å². The first-order valence-electron chi connectivity index (χ1n) is 11.9. The summed E-state index contributed by atoms with van der Waals surface area (Å²) in [6.07, 6.45) is 6.67. The molecule has 2 aromatic carbocycles. The van der Waals surface area contributed by atoms with Crippen LogP contribution in [0.15, 0.2) is 48.5 Å². The topological polar surface area (TPSA) is 72.6 Å². The van der Waals surface area contributed by atoms with E-state index in [0.29, 0.717) is 31.2 Å². The lowest BCUT2D eigenvalue weighted by atomic mass is 9.86. The summed E-state index contributed by atoms with van der Waals surface area (Å²) in [6.45, 7) is 0.629. The highest BCUT2D eigenvalue weighted by Gasteiger charge is 2.59. The number of primary amides is 1. The molecule has 168 valence electrons. The molecule has 5 nitrogen and oxygen atoms in total. The molecule has 3 atom stereocenters. The summed E-state index contributed by atoms with van der Waals surface area (Å²) in [5.41, 5.74) is 8.14. The number of carbonyl (C=O) groups is 2. The maximum atomic E-state index is 13.6. The third-order valence-electron chi connectivity index (χ3n) is 8.00. The van der Waals surface area contributed by atoms with Gasteiger partial charge >= 0.3 is 0 Å². The van der Waals surface area contributed by atoms with Gasteiger partial charge in [-0.15, -0.1) is 0 Å². The van der Waals surface area contributed by atoms with Crippen molar-refractivity contribution >= 4 is 11.8 Å². The zero-order valence-corrected chi connectivity index (χ0v) is 18.8. The zero-order chi connectivity index (χ0) is 22.3. The van der Waals surface area contributed by atoms with E-state index in [0.717, 1.165) is 41.7 Å². The Bertz CT molecular complexity index is 1020. The molecule has 2 N–H and O–H groups in total. The van der Waals surface area contributed by atoms with Crippen molar-refractivity contribution in [3.8, 4) is 16.9 Å². The maximum absolute atomic E-state index is 13.6. The summed E-state index contributed by atoms with van der Waals surface area (Å²) >= 11 is 0. The molecule has 32 heavy (non-hydrogen) atoms. The van der Waals surface area contributed by atoms with E-state index in [1.165, 1.54) is 12.8 Å². The van der Waals surface area contributed by atoms with Crippen LogP contribution < -0.4 is 10.5 Å². The van der Waals surface area contributed by atoms with Gasteiger partial charge in [-0.1, -0.05) is 55.3 Å². The van der Waals surface area contributed by atoms with Gasteiger partial charge in [0, 0.05) is 24.4 Å². The number of rotatable bonds is 6. The van der Waals surface area contributed by atoms with Crippen molar-refractivity contribution < 1.29 is 14.3 Å². The average Bonchev–Trinajstić information content (AvgIpc) is 3.40. The van der Waals surface area contributed by atoms with Crippen LogP contribution in [0, 0.1) is 17.8 Å². The SMILES string of the molecule is COc1ccccc1-c1cccc(CC2(C(N)=O)CCCN2C(=O)C2C3CCCCC32)c1. The van der Waals surface area contributed by atoms with Crippen LogP contribution in [0.4, 0.5) is 0 Å². The first kappa shape index (κ1) is 21.0. The molecule has 3 unspecified atom stereocenters. The minimum Gasteiger partial charge on any atom is -0.496 e. The third kappa shape index (κ3) is 3.48. The summed E-state index contributed by atoms with van der Waals surface area (Å²) in [5.74, 6) is 1.75. The molecule has 3 aliphatic rings. The maximum Gasteiger partial charge on any atom is 0.243 e. The van der Waals surface area contributed by atoms with Crippen LogP contribution in [0.3, 0.4) is 0 Å². The van der Waals surface area contributed by atoms with Crippen molar-refractivity contribution in [3.63, 3.8) is 0 Å². The second-order valence-corrected chi connectivity index (χ2v) is 9.70. The number of amides is 2. The molecule has 0 bridgehead atoms. The van der Waals surface area contributed by atoms with Gasteiger partial charge in [0.1, 0.15) is 11.3 Å².